The van der Waals surface area contributed by atoms with Crippen molar-refractivity contribution < 1.29 is 10.2 Å². The third-order valence-corrected chi connectivity index (χ3v) is 2.61. The van der Waals surface area contributed by atoms with Crippen LogP contribution in [0.4, 0.5) is 5.82 Å². The summed E-state index contributed by atoms with van der Waals surface area (Å²) in [6, 6.07) is 1.87. The number of rotatable bonds is 4. The molecule has 14 heavy (non-hydrogen) atoms. The van der Waals surface area contributed by atoms with Crippen molar-refractivity contribution in [2.24, 2.45) is 0 Å². The summed E-state index contributed by atoms with van der Waals surface area (Å²) in [5, 5.41) is 20.6. The maximum atomic E-state index is 9.09. The predicted octanol–water partition coefficient (Wildman–Crippen LogP) is 0.918. The molecule has 3 N–H and O–H groups in total. The number of aliphatic hydroxyl groups excluding tert-OH is 2. The molecule has 0 aliphatic carbocycles. The molecule has 0 radical (unpaired) electrons. The van der Waals surface area contributed by atoms with Gasteiger partial charge in [-0.2, -0.15) is 0 Å². The lowest BCUT2D eigenvalue weighted by Crippen LogP contribution is -2.23. The number of pyridine rings is 1. The normalized spacial score (nSPS) is 12.6. The molecule has 4 nitrogen and oxygen atoms in total. The highest BCUT2D eigenvalue weighted by Gasteiger charge is 2.02. The topological polar surface area (TPSA) is 65.4 Å². The van der Waals surface area contributed by atoms with Crippen LogP contribution in [0.1, 0.15) is 5.56 Å². The highest BCUT2D eigenvalue weighted by Crippen LogP contribution is 2.16. The lowest BCUT2D eigenvalue weighted by molar-refractivity contribution is 0.105. The lowest BCUT2D eigenvalue weighted by atomic mass is 10.3. The van der Waals surface area contributed by atoms with Gasteiger partial charge in [0, 0.05) is 17.2 Å². The van der Waals surface area contributed by atoms with Gasteiger partial charge in [-0.1, -0.05) is 0 Å². The zero-order chi connectivity index (χ0) is 10.6. The molecule has 0 bridgehead atoms. The van der Waals surface area contributed by atoms with Crippen molar-refractivity contribution in [3.05, 3.63) is 22.3 Å². The Morgan fingerprint density at radius 3 is 2.93 bits per heavy atom. The van der Waals surface area contributed by atoms with E-state index in [1.54, 1.807) is 6.20 Å². The van der Waals surface area contributed by atoms with Crippen molar-refractivity contribution >= 4 is 21.7 Å². The molecule has 0 fully saturated rings. The smallest absolute Gasteiger partial charge is 0.126 e. The molecule has 1 heterocycles. The Morgan fingerprint density at radius 2 is 2.36 bits per heavy atom. The SMILES string of the molecule is Cc1cc(NC[C@@H](O)CO)ncc1Br. The molecule has 0 amide bonds. The molecule has 0 aliphatic heterocycles. The van der Waals surface area contributed by atoms with Gasteiger partial charge >= 0.3 is 0 Å². The van der Waals surface area contributed by atoms with Gasteiger partial charge in [-0.3, -0.25) is 0 Å². The molecular formula is C9H13BrN2O2. The molecule has 0 aromatic carbocycles. The summed E-state index contributed by atoms with van der Waals surface area (Å²) >= 11 is 3.34. The van der Waals surface area contributed by atoms with Crippen molar-refractivity contribution in [1.82, 2.24) is 4.98 Å². The van der Waals surface area contributed by atoms with Crippen LogP contribution in [0.2, 0.25) is 0 Å². The Labute approximate surface area is 91.1 Å². The summed E-state index contributed by atoms with van der Waals surface area (Å²) in [7, 11) is 0. The molecule has 1 atom stereocenters. The molecule has 0 saturated carbocycles. The van der Waals surface area contributed by atoms with E-state index in [4.69, 9.17) is 10.2 Å². The van der Waals surface area contributed by atoms with Gasteiger partial charge in [0.1, 0.15) is 5.82 Å². The van der Waals surface area contributed by atoms with Gasteiger partial charge in [-0.05, 0) is 34.5 Å². The van der Waals surface area contributed by atoms with Gasteiger partial charge in [0.15, 0.2) is 0 Å². The first-order valence-corrected chi connectivity index (χ1v) is 5.07. The van der Waals surface area contributed by atoms with Gasteiger partial charge in [0.25, 0.3) is 0 Å². The highest BCUT2D eigenvalue weighted by molar-refractivity contribution is 9.10. The van der Waals surface area contributed by atoms with Crippen LogP contribution >= 0.6 is 15.9 Å². The molecular weight excluding hydrogens is 248 g/mol. The molecule has 1 aromatic heterocycles. The van der Waals surface area contributed by atoms with E-state index in [0.29, 0.717) is 12.4 Å². The number of hydrogen-bond donors (Lipinski definition) is 3. The minimum absolute atomic E-state index is 0.248. The van der Waals surface area contributed by atoms with E-state index in [1.165, 1.54) is 0 Å². The van der Waals surface area contributed by atoms with E-state index in [9.17, 15) is 0 Å². The van der Waals surface area contributed by atoms with Gasteiger partial charge in [-0.25, -0.2) is 4.98 Å². The maximum absolute atomic E-state index is 9.09. The third-order valence-electron chi connectivity index (χ3n) is 1.78. The molecule has 78 valence electrons. The number of aromatic nitrogens is 1. The minimum Gasteiger partial charge on any atom is -0.394 e. The Bertz CT molecular complexity index is 307. The van der Waals surface area contributed by atoms with Gasteiger partial charge in [0.05, 0.1) is 12.7 Å². The largest absolute Gasteiger partial charge is 0.394 e. The van der Waals surface area contributed by atoms with Crippen LogP contribution in [0.5, 0.6) is 0 Å². The Morgan fingerprint density at radius 1 is 1.64 bits per heavy atom. The Balaban J connectivity index is 2.55. The van der Waals surface area contributed by atoms with Crippen molar-refractivity contribution in [2.45, 2.75) is 13.0 Å². The van der Waals surface area contributed by atoms with Crippen LogP contribution in [0.3, 0.4) is 0 Å². The summed E-state index contributed by atoms with van der Waals surface area (Å²) in [6.45, 7) is 2.01. The molecule has 0 saturated heterocycles. The molecule has 0 spiro atoms. The highest BCUT2D eigenvalue weighted by atomic mass is 79.9. The monoisotopic (exact) mass is 260 g/mol. The number of aryl methyl sites for hydroxylation is 1. The number of aliphatic hydroxyl groups is 2. The summed E-state index contributed by atoms with van der Waals surface area (Å²) in [5.41, 5.74) is 1.07. The lowest BCUT2D eigenvalue weighted by Gasteiger charge is -2.10. The van der Waals surface area contributed by atoms with Crippen LogP contribution in [0.25, 0.3) is 0 Å². The summed E-state index contributed by atoms with van der Waals surface area (Å²) < 4.78 is 0.950. The fraction of sp³-hybridized carbons (Fsp3) is 0.444. The van der Waals surface area contributed by atoms with E-state index < -0.39 is 6.10 Å². The van der Waals surface area contributed by atoms with E-state index >= 15 is 0 Å². The van der Waals surface area contributed by atoms with Crippen LogP contribution < -0.4 is 5.32 Å². The second-order valence-corrected chi connectivity index (χ2v) is 3.89. The fourth-order valence-electron chi connectivity index (χ4n) is 0.923. The van der Waals surface area contributed by atoms with Crippen molar-refractivity contribution in [3.8, 4) is 0 Å². The number of anilines is 1. The maximum Gasteiger partial charge on any atom is 0.126 e. The van der Waals surface area contributed by atoms with E-state index in [2.05, 4.69) is 26.2 Å². The van der Waals surface area contributed by atoms with Gasteiger partial charge in [-0.15, -0.1) is 0 Å². The van der Waals surface area contributed by atoms with Crippen molar-refractivity contribution in [3.63, 3.8) is 0 Å². The Kier molecular flexibility index (Phi) is 4.31. The van der Waals surface area contributed by atoms with Crippen LogP contribution in [0.15, 0.2) is 16.7 Å². The minimum atomic E-state index is -0.749. The fourth-order valence-corrected chi connectivity index (χ4v) is 1.14. The summed E-state index contributed by atoms with van der Waals surface area (Å²) in [5.74, 6) is 0.693. The second-order valence-electron chi connectivity index (χ2n) is 3.04. The third kappa shape index (κ3) is 3.25. The standard InChI is InChI=1S/C9H13BrN2O2/c1-6-2-9(12-4-8(6)10)11-3-7(14)5-13/h2,4,7,13-14H,3,5H2,1H3,(H,11,12)/t7-/m1/s1. The summed E-state index contributed by atoms with van der Waals surface area (Å²) in [6.07, 6.45) is 0.948. The molecule has 5 heteroatoms. The zero-order valence-electron chi connectivity index (χ0n) is 7.87. The first-order chi connectivity index (χ1) is 6.63. The number of hydrogen-bond acceptors (Lipinski definition) is 4. The predicted molar refractivity (Wildman–Crippen MR) is 58.3 cm³/mol. The van der Waals surface area contributed by atoms with Crippen molar-refractivity contribution in [1.29, 1.82) is 0 Å². The van der Waals surface area contributed by atoms with Crippen LogP contribution in [-0.4, -0.2) is 34.5 Å². The first kappa shape index (κ1) is 11.4. The molecule has 0 aliphatic rings. The number of nitrogens with one attached hydrogen (secondary N) is 1. The van der Waals surface area contributed by atoms with Crippen LogP contribution in [0, 0.1) is 6.92 Å². The molecule has 1 aromatic rings. The second kappa shape index (κ2) is 5.29. The molecule has 1 rings (SSSR count). The average Bonchev–Trinajstić information content (AvgIpc) is 2.19. The average molecular weight is 261 g/mol. The number of halogens is 1. The van der Waals surface area contributed by atoms with E-state index in [0.717, 1.165) is 10.0 Å². The Hall–Kier alpha value is -0.650. The van der Waals surface area contributed by atoms with Crippen molar-refractivity contribution in [2.75, 3.05) is 18.5 Å². The van der Waals surface area contributed by atoms with Gasteiger partial charge < -0.3 is 15.5 Å². The summed E-state index contributed by atoms with van der Waals surface area (Å²) in [4.78, 5) is 4.09. The first-order valence-electron chi connectivity index (χ1n) is 4.28. The molecule has 0 unspecified atom stereocenters. The quantitative estimate of drug-likeness (QED) is 0.754. The van der Waals surface area contributed by atoms with Gasteiger partial charge in [0.2, 0.25) is 0 Å². The van der Waals surface area contributed by atoms with E-state index in [-0.39, 0.29) is 6.61 Å². The number of nitrogens with zero attached hydrogens (tertiary/aromatic N) is 1. The van der Waals surface area contributed by atoms with E-state index in [1.807, 2.05) is 13.0 Å². The zero-order valence-corrected chi connectivity index (χ0v) is 9.45. The van der Waals surface area contributed by atoms with Crippen LogP contribution in [-0.2, 0) is 0 Å².